The van der Waals surface area contributed by atoms with Crippen molar-refractivity contribution in [2.45, 2.75) is 52.4 Å². The molecule has 0 atom stereocenters. The maximum Gasteiger partial charge on any atom is 0.0105 e. The molecule has 22 heavy (non-hydrogen) atoms. The van der Waals surface area contributed by atoms with Crippen LogP contribution in [0, 0.1) is 6.92 Å². The molecule has 0 amide bonds. The summed E-state index contributed by atoms with van der Waals surface area (Å²) >= 11 is 0. The predicted octanol–water partition coefficient (Wildman–Crippen LogP) is 6.02. The van der Waals surface area contributed by atoms with Gasteiger partial charge in [0, 0.05) is 5.41 Å². The summed E-state index contributed by atoms with van der Waals surface area (Å²) in [6.07, 6.45) is 3.21. The molecule has 0 aliphatic carbocycles. The number of aryl methyl sites for hydroxylation is 3. The summed E-state index contributed by atoms with van der Waals surface area (Å²) < 4.78 is 0. The lowest BCUT2D eigenvalue weighted by Gasteiger charge is -2.30. The molecule has 2 rings (SSSR count). The SMILES string of the molecule is C=C(CCc1ccc(CC)cc1)C(C)(C)c1ccccc1C. The van der Waals surface area contributed by atoms with Gasteiger partial charge in [-0.3, -0.25) is 0 Å². The van der Waals surface area contributed by atoms with Crippen LogP contribution in [0.3, 0.4) is 0 Å². The summed E-state index contributed by atoms with van der Waals surface area (Å²) in [7, 11) is 0. The van der Waals surface area contributed by atoms with Gasteiger partial charge in [-0.1, -0.05) is 81.5 Å². The van der Waals surface area contributed by atoms with Crippen molar-refractivity contribution in [3.63, 3.8) is 0 Å². The van der Waals surface area contributed by atoms with Crippen LogP contribution < -0.4 is 0 Å². The normalized spacial score (nSPS) is 11.5. The van der Waals surface area contributed by atoms with Crippen LogP contribution in [-0.2, 0) is 18.3 Å². The fraction of sp³-hybridized carbons (Fsp3) is 0.364. The lowest BCUT2D eigenvalue weighted by molar-refractivity contribution is 0.590. The van der Waals surface area contributed by atoms with Crippen molar-refractivity contribution in [3.05, 3.63) is 82.9 Å². The van der Waals surface area contributed by atoms with Gasteiger partial charge in [-0.25, -0.2) is 0 Å². The van der Waals surface area contributed by atoms with E-state index in [9.17, 15) is 0 Å². The summed E-state index contributed by atoms with van der Waals surface area (Å²) in [5, 5.41) is 0. The first-order chi connectivity index (χ1) is 10.4. The highest BCUT2D eigenvalue weighted by molar-refractivity contribution is 5.39. The Bertz CT molecular complexity index is 629. The molecular formula is C22H28. The van der Waals surface area contributed by atoms with Gasteiger partial charge in [-0.15, -0.1) is 0 Å². The van der Waals surface area contributed by atoms with Gasteiger partial charge >= 0.3 is 0 Å². The Morgan fingerprint density at radius 2 is 1.55 bits per heavy atom. The van der Waals surface area contributed by atoms with Crippen molar-refractivity contribution in [3.8, 4) is 0 Å². The number of allylic oxidation sites excluding steroid dienone is 1. The minimum Gasteiger partial charge on any atom is -0.0990 e. The molecule has 2 aromatic carbocycles. The van der Waals surface area contributed by atoms with E-state index in [1.54, 1.807) is 0 Å². The van der Waals surface area contributed by atoms with E-state index in [-0.39, 0.29) is 5.41 Å². The first-order valence-electron chi connectivity index (χ1n) is 8.27. The first kappa shape index (κ1) is 16.5. The second-order valence-electron chi connectivity index (χ2n) is 6.71. The van der Waals surface area contributed by atoms with Gasteiger partial charge in [-0.2, -0.15) is 0 Å². The van der Waals surface area contributed by atoms with Crippen LogP contribution in [0.25, 0.3) is 0 Å². The Morgan fingerprint density at radius 3 is 2.14 bits per heavy atom. The van der Waals surface area contributed by atoms with Crippen LogP contribution in [0.2, 0.25) is 0 Å². The van der Waals surface area contributed by atoms with Gasteiger partial charge in [0.05, 0.1) is 0 Å². The van der Waals surface area contributed by atoms with Gasteiger partial charge in [0.25, 0.3) is 0 Å². The minimum absolute atomic E-state index is 0.0225. The quantitative estimate of drug-likeness (QED) is 0.571. The second kappa shape index (κ2) is 6.96. The third kappa shape index (κ3) is 3.68. The molecule has 2 aromatic rings. The third-order valence-corrected chi connectivity index (χ3v) is 4.85. The van der Waals surface area contributed by atoms with Crippen LogP contribution in [-0.4, -0.2) is 0 Å². The van der Waals surface area contributed by atoms with E-state index < -0.39 is 0 Å². The van der Waals surface area contributed by atoms with Crippen molar-refractivity contribution < 1.29 is 0 Å². The number of hydrogen-bond donors (Lipinski definition) is 0. The molecule has 0 saturated heterocycles. The topological polar surface area (TPSA) is 0 Å². The zero-order valence-corrected chi connectivity index (χ0v) is 14.4. The first-order valence-corrected chi connectivity index (χ1v) is 8.27. The molecule has 0 heterocycles. The molecule has 0 nitrogen and oxygen atoms in total. The maximum absolute atomic E-state index is 4.39. The predicted molar refractivity (Wildman–Crippen MR) is 97.5 cm³/mol. The number of hydrogen-bond acceptors (Lipinski definition) is 0. The Balaban J connectivity index is 2.06. The molecule has 0 aliphatic rings. The lowest BCUT2D eigenvalue weighted by Crippen LogP contribution is -2.21. The Hall–Kier alpha value is -1.82. The van der Waals surface area contributed by atoms with Crippen LogP contribution in [0.1, 0.15) is 49.4 Å². The van der Waals surface area contributed by atoms with Crippen molar-refractivity contribution in [1.29, 1.82) is 0 Å². The largest absolute Gasteiger partial charge is 0.0990 e. The fourth-order valence-electron chi connectivity index (χ4n) is 3.01. The average Bonchev–Trinajstić information content (AvgIpc) is 2.53. The molecule has 0 N–H and O–H groups in total. The third-order valence-electron chi connectivity index (χ3n) is 4.85. The van der Waals surface area contributed by atoms with Gasteiger partial charge in [0.15, 0.2) is 0 Å². The summed E-state index contributed by atoms with van der Waals surface area (Å²) in [6, 6.07) is 17.6. The number of benzene rings is 2. The number of rotatable bonds is 6. The lowest BCUT2D eigenvalue weighted by atomic mass is 9.74. The smallest absolute Gasteiger partial charge is 0.0105 e. The van der Waals surface area contributed by atoms with Crippen molar-refractivity contribution >= 4 is 0 Å². The summed E-state index contributed by atoms with van der Waals surface area (Å²) in [5.74, 6) is 0. The molecule has 0 aliphatic heterocycles. The fourth-order valence-corrected chi connectivity index (χ4v) is 3.01. The molecule has 0 aromatic heterocycles. The molecule has 116 valence electrons. The molecule has 0 unspecified atom stereocenters. The average molecular weight is 292 g/mol. The minimum atomic E-state index is 0.0225. The van der Waals surface area contributed by atoms with Gasteiger partial charge < -0.3 is 0 Å². The van der Waals surface area contributed by atoms with Crippen molar-refractivity contribution in [1.82, 2.24) is 0 Å². The van der Waals surface area contributed by atoms with E-state index in [4.69, 9.17) is 0 Å². The van der Waals surface area contributed by atoms with Gasteiger partial charge in [0.2, 0.25) is 0 Å². The van der Waals surface area contributed by atoms with Gasteiger partial charge in [0.1, 0.15) is 0 Å². The maximum atomic E-state index is 4.39. The van der Waals surface area contributed by atoms with E-state index in [2.05, 4.69) is 82.8 Å². The molecular weight excluding hydrogens is 264 g/mol. The van der Waals surface area contributed by atoms with Crippen LogP contribution >= 0.6 is 0 Å². The Kier molecular flexibility index (Phi) is 5.24. The van der Waals surface area contributed by atoms with Crippen molar-refractivity contribution in [2.75, 3.05) is 0 Å². The molecule has 0 radical (unpaired) electrons. The standard InChI is InChI=1S/C22H28/c1-6-19-13-15-20(16-14-19)12-11-18(3)22(4,5)21-10-8-7-9-17(21)2/h7-10,13-16H,3,6,11-12H2,1-2,4-5H3. The highest BCUT2D eigenvalue weighted by Crippen LogP contribution is 2.34. The Labute approximate surface area is 135 Å². The monoisotopic (exact) mass is 292 g/mol. The van der Waals surface area contributed by atoms with E-state index >= 15 is 0 Å². The molecule has 0 heteroatoms. The molecule has 0 fully saturated rings. The van der Waals surface area contributed by atoms with Crippen LogP contribution in [0.15, 0.2) is 60.7 Å². The van der Waals surface area contributed by atoms with Crippen LogP contribution in [0.5, 0.6) is 0 Å². The highest BCUT2D eigenvalue weighted by atomic mass is 14.3. The van der Waals surface area contributed by atoms with Crippen molar-refractivity contribution in [2.24, 2.45) is 0 Å². The van der Waals surface area contributed by atoms with E-state index in [0.29, 0.717) is 0 Å². The van der Waals surface area contributed by atoms with E-state index in [1.807, 2.05) is 0 Å². The molecule has 0 bridgehead atoms. The summed E-state index contributed by atoms with van der Waals surface area (Å²) in [6.45, 7) is 13.4. The summed E-state index contributed by atoms with van der Waals surface area (Å²) in [4.78, 5) is 0. The van der Waals surface area contributed by atoms with Crippen LogP contribution in [0.4, 0.5) is 0 Å². The highest BCUT2D eigenvalue weighted by Gasteiger charge is 2.25. The molecule has 0 spiro atoms. The zero-order chi connectivity index (χ0) is 16.2. The van der Waals surface area contributed by atoms with E-state index in [1.165, 1.54) is 27.8 Å². The summed E-state index contributed by atoms with van der Waals surface area (Å²) in [5.41, 5.74) is 6.87. The molecule has 0 saturated carbocycles. The van der Waals surface area contributed by atoms with E-state index in [0.717, 1.165) is 19.3 Å². The zero-order valence-electron chi connectivity index (χ0n) is 14.4. The van der Waals surface area contributed by atoms with Gasteiger partial charge in [-0.05, 0) is 48.4 Å². The second-order valence-corrected chi connectivity index (χ2v) is 6.71. The Morgan fingerprint density at radius 1 is 0.955 bits per heavy atom.